The Kier molecular flexibility index (Phi) is 2.69. The van der Waals surface area contributed by atoms with Gasteiger partial charge in [0.05, 0.1) is 6.10 Å². The second-order valence-electron chi connectivity index (χ2n) is 3.21. The Morgan fingerprint density at radius 1 is 1.50 bits per heavy atom. The van der Waals surface area contributed by atoms with Gasteiger partial charge in [-0.1, -0.05) is 6.92 Å². The molecule has 3 atom stereocenters. The molecule has 0 amide bonds. The number of hydrogen-bond donors (Lipinski definition) is 2. The molecule has 1 rings (SSSR count). The van der Waals surface area contributed by atoms with E-state index in [2.05, 4.69) is 12.2 Å². The summed E-state index contributed by atoms with van der Waals surface area (Å²) in [5, 5.41) is 12.7. The minimum Gasteiger partial charge on any atom is -0.392 e. The molecule has 0 radical (unpaired) electrons. The lowest BCUT2D eigenvalue weighted by Crippen LogP contribution is -2.48. The molecule has 0 aliphatic carbocycles. The zero-order chi connectivity index (χ0) is 7.56. The molecule has 0 aromatic heterocycles. The number of hydrogen-bond acceptors (Lipinski definition) is 2. The summed E-state index contributed by atoms with van der Waals surface area (Å²) in [6, 6.07) is 0.928. The van der Waals surface area contributed by atoms with Gasteiger partial charge in [-0.15, -0.1) is 0 Å². The zero-order valence-electron chi connectivity index (χ0n) is 6.80. The van der Waals surface area contributed by atoms with Crippen molar-refractivity contribution in [3.63, 3.8) is 0 Å². The van der Waals surface area contributed by atoms with Gasteiger partial charge >= 0.3 is 0 Å². The van der Waals surface area contributed by atoms with Crippen molar-refractivity contribution in [1.29, 1.82) is 0 Å². The van der Waals surface area contributed by atoms with E-state index in [1.807, 2.05) is 6.92 Å². The van der Waals surface area contributed by atoms with E-state index in [4.69, 9.17) is 0 Å². The molecular weight excluding hydrogens is 126 g/mol. The van der Waals surface area contributed by atoms with Gasteiger partial charge in [0.25, 0.3) is 0 Å². The van der Waals surface area contributed by atoms with Gasteiger partial charge in [-0.25, -0.2) is 0 Å². The van der Waals surface area contributed by atoms with Gasteiger partial charge in [0, 0.05) is 12.1 Å². The van der Waals surface area contributed by atoms with E-state index in [0.29, 0.717) is 12.1 Å². The first kappa shape index (κ1) is 8.02. The minimum absolute atomic E-state index is 0.122. The monoisotopic (exact) mass is 143 g/mol. The first-order chi connectivity index (χ1) is 4.74. The molecule has 1 fully saturated rings. The lowest BCUT2D eigenvalue weighted by atomic mass is 9.96. The average Bonchev–Trinajstić information content (AvgIpc) is 1.95. The highest BCUT2D eigenvalue weighted by molar-refractivity contribution is 4.82. The second-order valence-corrected chi connectivity index (χ2v) is 3.21. The summed E-state index contributed by atoms with van der Waals surface area (Å²) in [6.45, 7) is 4.23. The van der Waals surface area contributed by atoms with Gasteiger partial charge in [-0.3, -0.25) is 0 Å². The Hall–Kier alpha value is -0.0800. The summed E-state index contributed by atoms with van der Waals surface area (Å²) in [6.07, 6.45) is 3.15. The van der Waals surface area contributed by atoms with Crippen molar-refractivity contribution in [2.24, 2.45) is 0 Å². The maximum absolute atomic E-state index is 9.33. The van der Waals surface area contributed by atoms with E-state index in [-0.39, 0.29) is 6.10 Å². The fourth-order valence-corrected chi connectivity index (χ4v) is 1.51. The zero-order valence-corrected chi connectivity index (χ0v) is 6.80. The van der Waals surface area contributed by atoms with Crippen molar-refractivity contribution in [2.45, 2.75) is 51.3 Å². The molecule has 1 heterocycles. The van der Waals surface area contributed by atoms with E-state index < -0.39 is 0 Å². The van der Waals surface area contributed by atoms with Crippen LogP contribution in [0, 0.1) is 0 Å². The third-order valence-corrected chi connectivity index (χ3v) is 2.38. The van der Waals surface area contributed by atoms with Crippen LogP contribution < -0.4 is 5.32 Å². The Bertz CT molecular complexity index is 105. The van der Waals surface area contributed by atoms with Crippen molar-refractivity contribution < 1.29 is 5.11 Å². The summed E-state index contributed by atoms with van der Waals surface area (Å²) < 4.78 is 0. The number of aliphatic hydroxyl groups is 1. The topological polar surface area (TPSA) is 32.3 Å². The van der Waals surface area contributed by atoms with Gasteiger partial charge in [0.1, 0.15) is 0 Å². The Morgan fingerprint density at radius 3 is 2.70 bits per heavy atom. The summed E-state index contributed by atoms with van der Waals surface area (Å²) in [7, 11) is 0. The fourth-order valence-electron chi connectivity index (χ4n) is 1.51. The Morgan fingerprint density at radius 2 is 2.20 bits per heavy atom. The third-order valence-electron chi connectivity index (χ3n) is 2.38. The van der Waals surface area contributed by atoms with Crippen LogP contribution in [0.15, 0.2) is 0 Å². The van der Waals surface area contributed by atoms with Crippen molar-refractivity contribution in [3.05, 3.63) is 0 Å². The fraction of sp³-hybridized carbons (Fsp3) is 1.00. The van der Waals surface area contributed by atoms with Gasteiger partial charge in [0.15, 0.2) is 0 Å². The predicted molar refractivity (Wildman–Crippen MR) is 41.9 cm³/mol. The molecular formula is C8H17NO. The lowest BCUT2D eigenvalue weighted by molar-refractivity contribution is 0.0863. The van der Waals surface area contributed by atoms with Crippen molar-refractivity contribution in [2.75, 3.05) is 0 Å². The van der Waals surface area contributed by atoms with Crippen LogP contribution >= 0.6 is 0 Å². The summed E-state index contributed by atoms with van der Waals surface area (Å²) in [5.74, 6) is 0. The van der Waals surface area contributed by atoms with E-state index in [0.717, 1.165) is 12.8 Å². The molecule has 1 aliphatic heterocycles. The highest BCUT2D eigenvalue weighted by atomic mass is 16.3. The van der Waals surface area contributed by atoms with E-state index in [9.17, 15) is 5.11 Å². The van der Waals surface area contributed by atoms with Crippen molar-refractivity contribution in [3.8, 4) is 0 Å². The molecule has 10 heavy (non-hydrogen) atoms. The third kappa shape index (κ3) is 1.70. The molecule has 0 spiro atoms. The van der Waals surface area contributed by atoms with Crippen LogP contribution in [0.1, 0.15) is 33.1 Å². The molecule has 0 aromatic carbocycles. The molecule has 2 nitrogen and oxygen atoms in total. The van der Waals surface area contributed by atoms with E-state index in [1.54, 1.807) is 0 Å². The first-order valence-electron chi connectivity index (χ1n) is 4.18. The molecule has 1 saturated heterocycles. The molecule has 0 unspecified atom stereocenters. The summed E-state index contributed by atoms with van der Waals surface area (Å²) in [5.41, 5.74) is 0. The normalized spacial score (nSPS) is 41.7. The number of piperidine rings is 1. The van der Waals surface area contributed by atoms with Crippen LogP contribution in [0.2, 0.25) is 0 Å². The highest BCUT2D eigenvalue weighted by Crippen LogP contribution is 2.14. The maximum atomic E-state index is 9.33. The molecule has 0 saturated carbocycles. The van der Waals surface area contributed by atoms with E-state index >= 15 is 0 Å². The number of nitrogens with one attached hydrogen (secondary N) is 1. The van der Waals surface area contributed by atoms with Crippen LogP contribution in [0.4, 0.5) is 0 Å². The second kappa shape index (κ2) is 3.35. The lowest BCUT2D eigenvalue weighted by Gasteiger charge is -2.32. The number of rotatable bonds is 1. The Balaban J connectivity index is 2.33. The molecule has 60 valence electrons. The summed E-state index contributed by atoms with van der Waals surface area (Å²) in [4.78, 5) is 0. The molecule has 2 heteroatoms. The van der Waals surface area contributed by atoms with Crippen LogP contribution in [0.25, 0.3) is 0 Å². The molecule has 2 N–H and O–H groups in total. The van der Waals surface area contributed by atoms with Crippen molar-refractivity contribution >= 4 is 0 Å². The summed E-state index contributed by atoms with van der Waals surface area (Å²) >= 11 is 0. The molecule has 1 aliphatic rings. The number of aliphatic hydroxyl groups excluding tert-OH is 1. The Labute approximate surface area is 62.6 Å². The van der Waals surface area contributed by atoms with Crippen LogP contribution in [-0.4, -0.2) is 23.3 Å². The smallest absolute Gasteiger partial charge is 0.0691 e. The minimum atomic E-state index is -0.122. The predicted octanol–water partition coefficient (Wildman–Crippen LogP) is 0.898. The van der Waals surface area contributed by atoms with Gasteiger partial charge in [-0.05, 0) is 26.2 Å². The van der Waals surface area contributed by atoms with Crippen LogP contribution in [0.5, 0.6) is 0 Å². The van der Waals surface area contributed by atoms with Gasteiger partial charge < -0.3 is 10.4 Å². The van der Waals surface area contributed by atoms with Gasteiger partial charge in [-0.2, -0.15) is 0 Å². The SMILES string of the molecule is CC[C@@H]1CC[C@H](O)[C@H](C)N1. The standard InChI is InChI=1S/C8H17NO/c1-3-7-4-5-8(10)6(2)9-7/h6-10H,3-5H2,1-2H3/t6-,7+,8-/m0/s1. The quantitative estimate of drug-likeness (QED) is 0.571. The highest BCUT2D eigenvalue weighted by Gasteiger charge is 2.23. The van der Waals surface area contributed by atoms with Crippen molar-refractivity contribution in [1.82, 2.24) is 5.32 Å². The van der Waals surface area contributed by atoms with Crippen LogP contribution in [0.3, 0.4) is 0 Å². The van der Waals surface area contributed by atoms with Crippen LogP contribution in [-0.2, 0) is 0 Å². The molecule has 0 aromatic rings. The molecule has 0 bridgehead atoms. The average molecular weight is 143 g/mol. The van der Waals surface area contributed by atoms with Gasteiger partial charge in [0.2, 0.25) is 0 Å². The first-order valence-corrected chi connectivity index (χ1v) is 4.18. The largest absolute Gasteiger partial charge is 0.392 e. The maximum Gasteiger partial charge on any atom is 0.0691 e. The van der Waals surface area contributed by atoms with E-state index in [1.165, 1.54) is 6.42 Å².